The molecule has 0 spiro atoms. The van der Waals surface area contributed by atoms with Crippen molar-refractivity contribution < 1.29 is 14.9 Å². The fourth-order valence-electron chi connectivity index (χ4n) is 2.07. The number of hydrogen-bond donors (Lipinski definition) is 2. The highest BCUT2D eigenvalue weighted by Gasteiger charge is 2.23. The lowest BCUT2D eigenvalue weighted by Crippen LogP contribution is -2.24. The molecule has 100 valence electrons. The molecule has 0 aliphatic heterocycles. The van der Waals surface area contributed by atoms with Gasteiger partial charge in [-0.2, -0.15) is 0 Å². The second-order valence-electron chi connectivity index (χ2n) is 4.85. The van der Waals surface area contributed by atoms with Crippen molar-refractivity contribution in [1.82, 2.24) is 0 Å². The smallest absolute Gasteiger partial charge is 0.119 e. The Labute approximate surface area is 113 Å². The van der Waals surface area contributed by atoms with Crippen LogP contribution in [0.25, 0.3) is 0 Å². The quantitative estimate of drug-likeness (QED) is 0.886. The maximum atomic E-state index is 10.6. The van der Waals surface area contributed by atoms with Gasteiger partial charge in [0.2, 0.25) is 0 Å². The average Bonchev–Trinajstić information content (AvgIpc) is 2.41. The zero-order valence-corrected chi connectivity index (χ0v) is 11.1. The Morgan fingerprint density at radius 2 is 1.79 bits per heavy atom. The number of phenols is 1. The van der Waals surface area contributed by atoms with Crippen molar-refractivity contribution in [3.63, 3.8) is 0 Å². The number of aliphatic hydroxyl groups is 1. The first-order chi connectivity index (χ1) is 9.01. The van der Waals surface area contributed by atoms with Crippen LogP contribution in [0, 0.1) is 0 Å². The Hall–Kier alpha value is -2.00. The molecule has 0 fully saturated rings. The van der Waals surface area contributed by atoms with Crippen LogP contribution in [0.15, 0.2) is 48.5 Å². The van der Waals surface area contributed by atoms with Gasteiger partial charge < -0.3 is 14.9 Å². The highest BCUT2D eigenvalue weighted by Crippen LogP contribution is 2.28. The number of ether oxygens (including phenoxy) is 1. The molecular weight excluding hydrogens is 240 g/mol. The van der Waals surface area contributed by atoms with E-state index in [2.05, 4.69) is 0 Å². The van der Waals surface area contributed by atoms with Crippen molar-refractivity contribution in [2.75, 3.05) is 7.11 Å². The molecule has 2 aromatic carbocycles. The van der Waals surface area contributed by atoms with Crippen molar-refractivity contribution in [3.8, 4) is 11.5 Å². The van der Waals surface area contributed by atoms with Gasteiger partial charge in [0.25, 0.3) is 0 Å². The summed E-state index contributed by atoms with van der Waals surface area (Å²) in [5.41, 5.74) is 0.788. The van der Waals surface area contributed by atoms with Crippen LogP contribution in [0.1, 0.15) is 18.1 Å². The lowest BCUT2D eigenvalue weighted by atomic mass is 9.89. The van der Waals surface area contributed by atoms with Gasteiger partial charge in [-0.25, -0.2) is 0 Å². The lowest BCUT2D eigenvalue weighted by Gasteiger charge is -2.24. The van der Waals surface area contributed by atoms with Gasteiger partial charge in [0.1, 0.15) is 11.5 Å². The first-order valence-electron chi connectivity index (χ1n) is 6.16. The monoisotopic (exact) mass is 258 g/mol. The molecule has 0 aromatic heterocycles. The highest BCUT2D eigenvalue weighted by atomic mass is 16.5. The van der Waals surface area contributed by atoms with Crippen LogP contribution in [0.2, 0.25) is 0 Å². The van der Waals surface area contributed by atoms with Crippen LogP contribution in [0.5, 0.6) is 11.5 Å². The van der Waals surface area contributed by atoms with Crippen LogP contribution in [0.3, 0.4) is 0 Å². The number of phenolic OH excluding ortho intramolecular Hbond substituents is 1. The van der Waals surface area contributed by atoms with Gasteiger partial charge in [-0.3, -0.25) is 0 Å². The summed E-state index contributed by atoms with van der Waals surface area (Å²) in [7, 11) is 1.60. The zero-order valence-electron chi connectivity index (χ0n) is 11.1. The molecular formula is C16H18O3. The summed E-state index contributed by atoms with van der Waals surface area (Å²) in [4.78, 5) is 0. The largest absolute Gasteiger partial charge is 0.508 e. The zero-order chi connectivity index (χ0) is 13.9. The Kier molecular flexibility index (Phi) is 3.76. The second-order valence-corrected chi connectivity index (χ2v) is 4.85. The maximum Gasteiger partial charge on any atom is 0.119 e. The van der Waals surface area contributed by atoms with Crippen LogP contribution < -0.4 is 4.74 Å². The van der Waals surface area contributed by atoms with Crippen molar-refractivity contribution >= 4 is 0 Å². The molecule has 0 saturated heterocycles. The molecule has 3 nitrogen and oxygen atoms in total. The van der Waals surface area contributed by atoms with E-state index < -0.39 is 5.60 Å². The van der Waals surface area contributed by atoms with E-state index in [1.54, 1.807) is 26.2 Å². The second kappa shape index (κ2) is 5.33. The molecule has 0 bridgehead atoms. The van der Waals surface area contributed by atoms with Crippen LogP contribution in [-0.4, -0.2) is 17.3 Å². The predicted molar refractivity (Wildman–Crippen MR) is 74.4 cm³/mol. The molecule has 2 N–H and O–H groups in total. The standard InChI is InChI=1S/C16H18O3/c1-16(18,11-12-6-8-14(17)9-7-12)13-4-3-5-15(10-13)19-2/h3-10,17-18H,11H2,1-2H3. The lowest BCUT2D eigenvalue weighted by molar-refractivity contribution is 0.0574. The Balaban J connectivity index is 2.23. The summed E-state index contributed by atoms with van der Waals surface area (Å²) in [5.74, 6) is 0.952. The molecule has 19 heavy (non-hydrogen) atoms. The van der Waals surface area contributed by atoms with E-state index in [-0.39, 0.29) is 5.75 Å². The molecule has 1 atom stereocenters. The van der Waals surface area contributed by atoms with Crippen molar-refractivity contribution in [2.24, 2.45) is 0 Å². The maximum absolute atomic E-state index is 10.6. The average molecular weight is 258 g/mol. The van der Waals surface area contributed by atoms with Gasteiger partial charge >= 0.3 is 0 Å². The Bertz CT molecular complexity index is 544. The van der Waals surface area contributed by atoms with E-state index in [1.807, 2.05) is 36.4 Å². The first-order valence-corrected chi connectivity index (χ1v) is 6.16. The molecule has 0 aliphatic rings. The van der Waals surface area contributed by atoms with E-state index in [9.17, 15) is 10.2 Å². The minimum Gasteiger partial charge on any atom is -0.508 e. The van der Waals surface area contributed by atoms with Crippen LogP contribution in [-0.2, 0) is 12.0 Å². The SMILES string of the molecule is COc1cccc(C(C)(O)Cc2ccc(O)cc2)c1. The van der Waals surface area contributed by atoms with Crippen molar-refractivity contribution in [3.05, 3.63) is 59.7 Å². The third kappa shape index (κ3) is 3.26. The summed E-state index contributed by atoms with van der Waals surface area (Å²) in [6, 6.07) is 14.3. The molecule has 0 aliphatic carbocycles. The Morgan fingerprint density at radius 3 is 2.42 bits per heavy atom. The van der Waals surface area contributed by atoms with Gasteiger partial charge in [-0.05, 0) is 42.3 Å². The minimum atomic E-state index is -0.981. The minimum absolute atomic E-state index is 0.227. The fraction of sp³-hybridized carbons (Fsp3) is 0.250. The van der Waals surface area contributed by atoms with Gasteiger partial charge in [0, 0.05) is 6.42 Å². The molecule has 0 saturated carbocycles. The molecule has 0 radical (unpaired) electrons. The van der Waals surface area contributed by atoms with E-state index >= 15 is 0 Å². The van der Waals surface area contributed by atoms with Gasteiger partial charge in [-0.15, -0.1) is 0 Å². The van der Waals surface area contributed by atoms with Gasteiger partial charge in [0.15, 0.2) is 0 Å². The Morgan fingerprint density at radius 1 is 1.11 bits per heavy atom. The molecule has 0 heterocycles. The van der Waals surface area contributed by atoms with E-state index in [1.165, 1.54) is 0 Å². The third-order valence-electron chi connectivity index (χ3n) is 3.18. The number of aromatic hydroxyl groups is 1. The number of hydrogen-bond acceptors (Lipinski definition) is 3. The molecule has 2 rings (SSSR count). The number of rotatable bonds is 4. The summed E-state index contributed by atoms with van der Waals surface area (Å²) >= 11 is 0. The third-order valence-corrected chi connectivity index (χ3v) is 3.18. The van der Waals surface area contributed by atoms with Gasteiger partial charge in [0.05, 0.1) is 12.7 Å². The predicted octanol–water partition coefficient (Wildman–Crippen LogP) is 2.85. The van der Waals surface area contributed by atoms with Crippen molar-refractivity contribution in [1.29, 1.82) is 0 Å². The first kappa shape index (κ1) is 13.4. The molecule has 1 unspecified atom stereocenters. The topological polar surface area (TPSA) is 49.7 Å². The number of benzene rings is 2. The molecule has 2 aromatic rings. The van der Waals surface area contributed by atoms with E-state index in [0.29, 0.717) is 6.42 Å². The molecule has 3 heteroatoms. The van der Waals surface area contributed by atoms with E-state index in [0.717, 1.165) is 16.9 Å². The van der Waals surface area contributed by atoms with Crippen molar-refractivity contribution in [2.45, 2.75) is 18.9 Å². The van der Waals surface area contributed by atoms with Crippen LogP contribution >= 0.6 is 0 Å². The van der Waals surface area contributed by atoms with Crippen LogP contribution in [0.4, 0.5) is 0 Å². The van der Waals surface area contributed by atoms with E-state index in [4.69, 9.17) is 4.74 Å². The molecule has 0 amide bonds. The normalized spacial score (nSPS) is 13.8. The summed E-state index contributed by atoms with van der Waals surface area (Å²) in [6.07, 6.45) is 0.473. The highest BCUT2D eigenvalue weighted by molar-refractivity contribution is 5.34. The summed E-state index contributed by atoms with van der Waals surface area (Å²) in [5, 5.41) is 19.9. The van der Waals surface area contributed by atoms with Gasteiger partial charge in [-0.1, -0.05) is 24.3 Å². The summed E-state index contributed by atoms with van der Waals surface area (Å²) in [6.45, 7) is 1.77. The number of methoxy groups -OCH3 is 1. The fourth-order valence-corrected chi connectivity index (χ4v) is 2.07. The summed E-state index contributed by atoms with van der Waals surface area (Å²) < 4.78 is 5.17.